The van der Waals surface area contributed by atoms with Crippen molar-refractivity contribution in [3.63, 3.8) is 0 Å². The number of amides is 2. The van der Waals surface area contributed by atoms with Gasteiger partial charge in [0.15, 0.2) is 0 Å². The van der Waals surface area contributed by atoms with E-state index in [2.05, 4.69) is 16.0 Å². The van der Waals surface area contributed by atoms with Crippen molar-refractivity contribution in [2.75, 3.05) is 10.6 Å². The second-order valence-corrected chi connectivity index (χ2v) is 6.50. The molecule has 0 spiro atoms. The third-order valence-corrected chi connectivity index (χ3v) is 4.24. The normalized spacial score (nSPS) is 12.8. The Labute approximate surface area is 164 Å². The summed E-state index contributed by atoms with van der Waals surface area (Å²) in [5.74, 6) is 0.435. The molecule has 2 atom stereocenters. The van der Waals surface area contributed by atoms with E-state index in [4.69, 9.17) is 4.42 Å². The van der Waals surface area contributed by atoms with E-state index in [0.29, 0.717) is 11.4 Å². The van der Waals surface area contributed by atoms with Crippen LogP contribution in [-0.2, 0) is 9.59 Å². The van der Waals surface area contributed by atoms with Crippen molar-refractivity contribution < 1.29 is 14.0 Å². The number of rotatable bonds is 7. The van der Waals surface area contributed by atoms with Crippen LogP contribution in [0.1, 0.15) is 31.2 Å². The number of benzene rings is 2. The minimum Gasteiger partial charge on any atom is -0.467 e. The minimum absolute atomic E-state index is 0.139. The SMILES string of the molecule is CC(=O)Nc1ccc(NC(=O)[C@H](C)N[C@@H](c2ccccc2)c2ccco2)cc1. The lowest BCUT2D eigenvalue weighted by atomic mass is 10.0. The van der Waals surface area contributed by atoms with E-state index in [1.54, 1.807) is 37.5 Å². The molecule has 0 saturated carbocycles. The number of hydrogen-bond acceptors (Lipinski definition) is 4. The number of carbonyl (C=O) groups excluding carboxylic acids is 2. The Morgan fingerprint density at radius 2 is 1.50 bits per heavy atom. The van der Waals surface area contributed by atoms with Crippen molar-refractivity contribution in [2.45, 2.75) is 25.9 Å². The molecule has 1 aromatic heterocycles. The standard InChI is InChI=1S/C22H23N3O3/c1-15(22(27)25-19-12-10-18(11-13-19)24-16(2)26)23-21(20-9-6-14-28-20)17-7-4-3-5-8-17/h3-15,21,23H,1-2H3,(H,24,26)(H,25,27)/t15-,21-/m0/s1. The van der Waals surface area contributed by atoms with Crippen LogP contribution in [0.25, 0.3) is 0 Å². The third-order valence-electron chi connectivity index (χ3n) is 4.24. The van der Waals surface area contributed by atoms with E-state index in [9.17, 15) is 9.59 Å². The Morgan fingerprint density at radius 1 is 0.857 bits per heavy atom. The van der Waals surface area contributed by atoms with Gasteiger partial charge in [0, 0.05) is 18.3 Å². The van der Waals surface area contributed by atoms with Gasteiger partial charge in [-0.15, -0.1) is 0 Å². The van der Waals surface area contributed by atoms with E-state index >= 15 is 0 Å². The Morgan fingerprint density at radius 3 is 2.07 bits per heavy atom. The van der Waals surface area contributed by atoms with Crippen LogP contribution in [0.2, 0.25) is 0 Å². The second kappa shape index (κ2) is 9.01. The third kappa shape index (κ3) is 5.08. The zero-order valence-corrected chi connectivity index (χ0v) is 15.8. The number of carbonyl (C=O) groups is 2. The molecule has 0 aliphatic rings. The molecule has 0 bridgehead atoms. The molecule has 0 fully saturated rings. The van der Waals surface area contributed by atoms with Crippen molar-refractivity contribution in [1.82, 2.24) is 5.32 Å². The number of nitrogens with one attached hydrogen (secondary N) is 3. The molecule has 0 unspecified atom stereocenters. The zero-order chi connectivity index (χ0) is 19.9. The maximum Gasteiger partial charge on any atom is 0.241 e. The summed E-state index contributed by atoms with van der Waals surface area (Å²) in [5.41, 5.74) is 2.34. The highest BCUT2D eigenvalue weighted by molar-refractivity contribution is 5.95. The predicted molar refractivity (Wildman–Crippen MR) is 109 cm³/mol. The largest absolute Gasteiger partial charge is 0.467 e. The van der Waals surface area contributed by atoms with Crippen molar-refractivity contribution in [3.05, 3.63) is 84.3 Å². The van der Waals surface area contributed by atoms with E-state index in [1.807, 2.05) is 42.5 Å². The Bertz CT molecular complexity index is 906. The molecule has 1 heterocycles. The van der Waals surface area contributed by atoms with Crippen LogP contribution in [0.4, 0.5) is 11.4 Å². The van der Waals surface area contributed by atoms with Crippen molar-refractivity contribution in [2.24, 2.45) is 0 Å². The molecule has 2 amide bonds. The summed E-state index contributed by atoms with van der Waals surface area (Å²) in [5, 5.41) is 8.90. The lowest BCUT2D eigenvalue weighted by Gasteiger charge is -2.22. The molecule has 0 saturated heterocycles. The molecular weight excluding hydrogens is 354 g/mol. The molecule has 28 heavy (non-hydrogen) atoms. The molecule has 2 aromatic carbocycles. The lowest BCUT2D eigenvalue weighted by Crippen LogP contribution is -2.40. The Balaban J connectivity index is 1.67. The average molecular weight is 377 g/mol. The van der Waals surface area contributed by atoms with E-state index < -0.39 is 6.04 Å². The molecule has 3 N–H and O–H groups in total. The smallest absolute Gasteiger partial charge is 0.241 e. The predicted octanol–water partition coefficient (Wildman–Crippen LogP) is 3.94. The summed E-state index contributed by atoms with van der Waals surface area (Å²) >= 11 is 0. The van der Waals surface area contributed by atoms with Gasteiger partial charge in [-0.25, -0.2) is 0 Å². The first kappa shape index (κ1) is 19.4. The summed E-state index contributed by atoms with van der Waals surface area (Å²) in [6.45, 7) is 3.26. The highest BCUT2D eigenvalue weighted by Gasteiger charge is 2.22. The first-order valence-electron chi connectivity index (χ1n) is 9.06. The molecule has 3 aromatic rings. The summed E-state index contributed by atoms with van der Waals surface area (Å²) in [7, 11) is 0. The van der Waals surface area contributed by atoms with Gasteiger partial charge in [0.2, 0.25) is 11.8 Å². The maximum atomic E-state index is 12.6. The Kier molecular flexibility index (Phi) is 6.24. The van der Waals surface area contributed by atoms with Gasteiger partial charge in [-0.05, 0) is 48.9 Å². The first-order valence-corrected chi connectivity index (χ1v) is 9.06. The molecular formula is C22H23N3O3. The zero-order valence-electron chi connectivity index (χ0n) is 15.8. The number of furan rings is 1. The summed E-state index contributed by atoms with van der Waals surface area (Å²) in [4.78, 5) is 23.7. The monoisotopic (exact) mass is 377 g/mol. The van der Waals surface area contributed by atoms with Crippen LogP contribution in [0, 0.1) is 0 Å². The van der Waals surface area contributed by atoms with E-state index in [-0.39, 0.29) is 17.9 Å². The fourth-order valence-electron chi connectivity index (χ4n) is 2.86. The van der Waals surface area contributed by atoms with Gasteiger partial charge >= 0.3 is 0 Å². The van der Waals surface area contributed by atoms with Crippen LogP contribution in [-0.4, -0.2) is 17.9 Å². The molecule has 144 valence electrons. The topological polar surface area (TPSA) is 83.4 Å². The first-order chi connectivity index (χ1) is 13.5. The van der Waals surface area contributed by atoms with Crippen LogP contribution >= 0.6 is 0 Å². The molecule has 3 rings (SSSR count). The molecule has 0 radical (unpaired) electrons. The molecule has 6 heteroatoms. The van der Waals surface area contributed by atoms with Crippen molar-refractivity contribution >= 4 is 23.2 Å². The molecule has 0 aliphatic heterocycles. The number of anilines is 2. The minimum atomic E-state index is -0.467. The summed E-state index contributed by atoms with van der Waals surface area (Å²) in [6.07, 6.45) is 1.62. The van der Waals surface area contributed by atoms with Gasteiger partial charge < -0.3 is 15.1 Å². The fourth-order valence-corrected chi connectivity index (χ4v) is 2.86. The van der Waals surface area contributed by atoms with Crippen LogP contribution in [0.5, 0.6) is 0 Å². The lowest BCUT2D eigenvalue weighted by molar-refractivity contribution is -0.118. The quantitative estimate of drug-likeness (QED) is 0.582. The molecule has 6 nitrogen and oxygen atoms in total. The fraction of sp³-hybridized carbons (Fsp3) is 0.182. The van der Waals surface area contributed by atoms with Gasteiger partial charge in [-0.2, -0.15) is 0 Å². The van der Waals surface area contributed by atoms with E-state index in [0.717, 1.165) is 11.3 Å². The highest BCUT2D eigenvalue weighted by Crippen LogP contribution is 2.23. The van der Waals surface area contributed by atoms with Crippen LogP contribution in [0.15, 0.2) is 77.4 Å². The highest BCUT2D eigenvalue weighted by atomic mass is 16.3. The average Bonchev–Trinajstić information content (AvgIpc) is 3.22. The van der Waals surface area contributed by atoms with Crippen LogP contribution in [0.3, 0.4) is 0 Å². The van der Waals surface area contributed by atoms with Gasteiger partial charge in [0.25, 0.3) is 0 Å². The summed E-state index contributed by atoms with van der Waals surface area (Å²) in [6, 6.07) is 19.8. The van der Waals surface area contributed by atoms with Crippen molar-refractivity contribution in [3.8, 4) is 0 Å². The Hall–Kier alpha value is -3.38. The van der Waals surface area contributed by atoms with E-state index in [1.165, 1.54) is 6.92 Å². The summed E-state index contributed by atoms with van der Waals surface area (Å²) < 4.78 is 5.57. The number of hydrogen-bond donors (Lipinski definition) is 3. The van der Waals surface area contributed by atoms with Crippen molar-refractivity contribution in [1.29, 1.82) is 0 Å². The van der Waals surface area contributed by atoms with Crippen LogP contribution < -0.4 is 16.0 Å². The van der Waals surface area contributed by atoms with Gasteiger partial charge in [-0.1, -0.05) is 30.3 Å². The molecule has 0 aliphatic carbocycles. The van der Waals surface area contributed by atoms with Gasteiger partial charge in [-0.3, -0.25) is 14.9 Å². The maximum absolute atomic E-state index is 12.6. The second-order valence-electron chi connectivity index (χ2n) is 6.50. The van der Waals surface area contributed by atoms with Gasteiger partial charge in [0.1, 0.15) is 5.76 Å². The van der Waals surface area contributed by atoms with Gasteiger partial charge in [0.05, 0.1) is 18.3 Å².